The molecular weight excluding hydrogens is 436 g/mol. The molecule has 5 heteroatoms. The smallest absolute Gasteiger partial charge is 0.252 e. The number of amides is 1. The minimum atomic E-state index is -0.0870. The van der Waals surface area contributed by atoms with Gasteiger partial charge in [-0.15, -0.1) is 0 Å². The highest BCUT2D eigenvalue weighted by Crippen LogP contribution is 2.28. The maximum Gasteiger partial charge on any atom is 0.252 e. The van der Waals surface area contributed by atoms with Crippen LogP contribution in [0.4, 0.5) is 0 Å². The molecule has 3 aromatic carbocycles. The molecule has 5 nitrogen and oxygen atoms in total. The molecule has 4 aromatic rings. The summed E-state index contributed by atoms with van der Waals surface area (Å²) in [6, 6.07) is 27.7. The van der Waals surface area contributed by atoms with E-state index in [2.05, 4.69) is 17.4 Å². The monoisotopic (exact) mass is 466 g/mol. The number of benzene rings is 3. The van der Waals surface area contributed by atoms with Crippen molar-refractivity contribution in [2.24, 2.45) is 0 Å². The SMILES string of the molecule is CCOc1ccc(-c2cc(C(=O)N[C@@H]3CCC[C@@H]3OCc3ccccc3)c3ccccc3n2)cc1. The molecule has 178 valence electrons. The van der Waals surface area contributed by atoms with Gasteiger partial charge in [-0.1, -0.05) is 48.5 Å². The lowest BCUT2D eigenvalue weighted by atomic mass is 10.0. The summed E-state index contributed by atoms with van der Waals surface area (Å²) in [5.41, 5.74) is 4.28. The first-order chi connectivity index (χ1) is 17.2. The second-order valence-corrected chi connectivity index (χ2v) is 8.88. The third-order valence-electron chi connectivity index (χ3n) is 6.50. The van der Waals surface area contributed by atoms with Crippen molar-refractivity contribution >= 4 is 16.8 Å². The van der Waals surface area contributed by atoms with Gasteiger partial charge < -0.3 is 14.8 Å². The highest BCUT2D eigenvalue weighted by Gasteiger charge is 2.30. The van der Waals surface area contributed by atoms with E-state index in [4.69, 9.17) is 14.5 Å². The summed E-state index contributed by atoms with van der Waals surface area (Å²) in [4.78, 5) is 18.4. The van der Waals surface area contributed by atoms with Gasteiger partial charge >= 0.3 is 0 Å². The van der Waals surface area contributed by atoms with E-state index in [-0.39, 0.29) is 18.1 Å². The highest BCUT2D eigenvalue weighted by atomic mass is 16.5. The fraction of sp³-hybridized carbons (Fsp3) is 0.267. The van der Waals surface area contributed by atoms with Crippen LogP contribution in [0.2, 0.25) is 0 Å². The Bertz CT molecular complexity index is 1290. The fourth-order valence-electron chi connectivity index (χ4n) is 4.71. The van der Waals surface area contributed by atoms with Gasteiger partial charge in [-0.3, -0.25) is 4.79 Å². The second kappa shape index (κ2) is 10.7. The topological polar surface area (TPSA) is 60.5 Å². The zero-order valence-corrected chi connectivity index (χ0v) is 19.9. The van der Waals surface area contributed by atoms with Gasteiger partial charge in [0.05, 0.1) is 42.1 Å². The van der Waals surface area contributed by atoms with Gasteiger partial charge in [-0.05, 0) is 68.1 Å². The van der Waals surface area contributed by atoms with Crippen molar-refractivity contribution < 1.29 is 14.3 Å². The van der Waals surface area contributed by atoms with Gasteiger partial charge in [0.2, 0.25) is 0 Å². The summed E-state index contributed by atoms with van der Waals surface area (Å²) in [5, 5.41) is 4.11. The number of aromatic nitrogens is 1. The first-order valence-corrected chi connectivity index (χ1v) is 12.3. The molecule has 1 fully saturated rings. The molecule has 1 aliphatic carbocycles. The van der Waals surface area contributed by atoms with Gasteiger partial charge in [0.15, 0.2) is 0 Å². The Kier molecular flexibility index (Phi) is 7.05. The first kappa shape index (κ1) is 23.1. The predicted molar refractivity (Wildman–Crippen MR) is 138 cm³/mol. The van der Waals surface area contributed by atoms with Crippen molar-refractivity contribution in [3.8, 4) is 17.0 Å². The van der Waals surface area contributed by atoms with E-state index in [0.29, 0.717) is 18.8 Å². The van der Waals surface area contributed by atoms with E-state index in [9.17, 15) is 4.79 Å². The third kappa shape index (κ3) is 5.36. The van der Waals surface area contributed by atoms with Gasteiger partial charge in [0.1, 0.15) is 5.75 Å². The summed E-state index contributed by atoms with van der Waals surface area (Å²) in [6.45, 7) is 3.14. The van der Waals surface area contributed by atoms with Gasteiger partial charge in [0.25, 0.3) is 5.91 Å². The van der Waals surface area contributed by atoms with E-state index in [1.807, 2.05) is 79.7 Å². The lowest BCUT2D eigenvalue weighted by molar-refractivity contribution is 0.0272. The predicted octanol–water partition coefficient (Wildman–Crippen LogP) is 6.17. The van der Waals surface area contributed by atoms with Crippen LogP contribution in [0, 0.1) is 0 Å². The summed E-state index contributed by atoms with van der Waals surface area (Å²) in [5.74, 6) is 0.730. The van der Waals surface area contributed by atoms with Crippen molar-refractivity contribution in [2.45, 2.75) is 44.9 Å². The van der Waals surface area contributed by atoms with Crippen molar-refractivity contribution in [3.63, 3.8) is 0 Å². The van der Waals surface area contributed by atoms with Gasteiger partial charge in [-0.2, -0.15) is 0 Å². The summed E-state index contributed by atoms with van der Waals surface area (Å²) in [7, 11) is 0. The van der Waals surface area contributed by atoms with E-state index in [0.717, 1.165) is 52.7 Å². The maximum absolute atomic E-state index is 13.5. The van der Waals surface area contributed by atoms with Crippen LogP contribution in [-0.4, -0.2) is 29.6 Å². The van der Waals surface area contributed by atoms with Crippen LogP contribution in [0.1, 0.15) is 42.1 Å². The molecule has 0 unspecified atom stereocenters. The lowest BCUT2D eigenvalue weighted by Crippen LogP contribution is -2.41. The summed E-state index contributed by atoms with van der Waals surface area (Å²) in [6.07, 6.45) is 2.92. The minimum Gasteiger partial charge on any atom is -0.494 e. The molecule has 0 bridgehead atoms. The Hall–Kier alpha value is -3.70. The highest BCUT2D eigenvalue weighted by molar-refractivity contribution is 6.07. The van der Waals surface area contributed by atoms with Gasteiger partial charge in [-0.25, -0.2) is 4.98 Å². The Morgan fingerprint density at radius 1 is 0.971 bits per heavy atom. The number of carbonyl (C=O) groups excluding carboxylic acids is 1. The number of nitrogens with zero attached hydrogens (tertiary/aromatic N) is 1. The molecule has 35 heavy (non-hydrogen) atoms. The number of hydrogen-bond acceptors (Lipinski definition) is 4. The number of pyridine rings is 1. The van der Waals surface area contributed by atoms with Crippen LogP contribution >= 0.6 is 0 Å². The van der Waals surface area contributed by atoms with Crippen molar-refractivity contribution in [1.29, 1.82) is 0 Å². The van der Waals surface area contributed by atoms with Crippen LogP contribution < -0.4 is 10.1 Å². The molecule has 0 radical (unpaired) electrons. The Morgan fingerprint density at radius 3 is 2.54 bits per heavy atom. The number of ether oxygens (including phenoxy) is 2. The number of fused-ring (bicyclic) bond motifs is 1. The van der Waals surface area contributed by atoms with Crippen LogP contribution in [0.5, 0.6) is 5.75 Å². The van der Waals surface area contributed by atoms with E-state index >= 15 is 0 Å². The molecule has 0 spiro atoms. The lowest BCUT2D eigenvalue weighted by Gasteiger charge is -2.22. The molecule has 1 heterocycles. The third-order valence-corrected chi connectivity index (χ3v) is 6.50. The molecule has 1 aromatic heterocycles. The van der Waals surface area contributed by atoms with Gasteiger partial charge in [0, 0.05) is 10.9 Å². The van der Waals surface area contributed by atoms with Crippen LogP contribution in [-0.2, 0) is 11.3 Å². The molecule has 1 saturated carbocycles. The molecule has 0 saturated heterocycles. The largest absolute Gasteiger partial charge is 0.494 e. The average molecular weight is 467 g/mol. The minimum absolute atomic E-state index is 0.00735. The number of nitrogens with one attached hydrogen (secondary N) is 1. The quantitative estimate of drug-likeness (QED) is 0.337. The van der Waals surface area contributed by atoms with Crippen molar-refractivity contribution in [1.82, 2.24) is 10.3 Å². The second-order valence-electron chi connectivity index (χ2n) is 8.88. The number of para-hydroxylation sites is 1. The van der Waals surface area contributed by atoms with Crippen molar-refractivity contribution in [3.05, 3.63) is 96.1 Å². The van der Waals surface area contributed by atoms with Crippen LogP contribution in [0.15, 0.2) is 84.9 Å². The molecule has 0 aliphatic heterocycles. The first-order valence-electron chi connectivity index (χ1n) is 12.3. The van der Waals surface area contributed by atoms with E-state index in [1.54, 1.807) is 0 Å². The molecule has 1 N–H and O–H groups in total. The summed E-state index contributed by atoms with van der Waals surface area (Å²) >= 11 is 0. The molecule has 1 amide bonds. The van der Waals surface area contributed by atoms with Crippen LogP contribution in [0.25, 0.3) is 22.2 Å². The Balaban J connectivity index is 1.37. The zero-order chi connectivity index (χ0) is 24.0. The zero-order valence-electron chi connectivity index (χ0n) is 19.9. The number of hydrogen-bond donors (Lipinski definition) is 1. The van der Waals surface area contributed by atoms with Crippen molar-refractivity contribution in [2.75, 3.05) is 6.61 Å². The molecule has 2 atom stereocenters. The van der Waals surface area contributed by atoms with E-state index in [1.165, 1.54) is 0 Å². The standard InChI is InChI=1S/C30H30N2O3/c1-2-34-23-17-15-22(16-18-23)28-19-25(24-11-6-7-12-26(24)31-28)30(33)32-27-13-8-14-29(27)35-20-21-9-4-3-5-10-21/h3-7,9-12,15-19,27,29H,2,8,13-14,20H2,1H3,(H,32,33)/t27-,29+/m1/s1. The average Bonchev–Trinajstić information content (AvgIpc) is 3.34. The Labute approximate surface area is 206 Å². The van der Waals surface area contributed by atoms with Crippen LogP contribution in [0.3, 0.4) is 0 Å². The maximum atomic E-state index is 13.5. The molecule has 1 aliphatic rings. The normalized spacial score (nSPS) is 17.4. The number of carbonyl (C=O) groups is 1. The van der Waals surface area contributed by atoms with E-state index < -0.39 is 0 Å². The fourth-order valence-corrected chi connectivity index (χ4v) is 4.71. The molecular formula is C30H30N2O3. The summed E-state index contributed by atoms with van der Waals surface area (Å²) < 4.78 is 11.8. The molecule has 5 rings (SSSR count). The number of rotatable bonds is 8. The Morgan fingerprint density at radius 2 is 1.74 bits per heavy atom.